The molecule has 314 valence electrons. The number of nitrogens with zero attached hydrogens (tertiary/aromatic N) is 1. The van der Waals surface area contributed by atoms with E-state index in [-0.39, 0.29) is 32.0 Å². The Kier molecular flexibility index (Phi) is 35.2. The molecule has 0 rings (SSSR count). The molecule has 0 saturated carbocycles. The highest BCUT2D eigenvalue weighted by Crippen LogP contribution is 2.43. The van der Waals surface area contributed by atoms with Gasteiger partial charge in [0.15, 0.2) is 6.10 Å². The first-order valence-electron chi connectivity index (χ1n) is 21.4. The fourth-order valence-corrected chi connectivity index (χ4v) is 6.17. The molecule has 0 saturated heterocycles. The lowest BCUT2D eigenvalue weighted by Crippen LogP contribution is -2.37. The number of phosphoric ester groups is 1. The molecule has 10 heteroatoms. The van der Waals surface area contributed by atoms with Crippen molar-refractivity contribution >= 4 is 19.8 Å². The summed E-state index contributed by atoms with van der Waals surface area (Å²) >= 11 is 0. The zero-order chi connectivity index (χ0) is 40.0. The number of carbonyl (C=O) groups is 2. The van der Waals surface area contributed by atoms with Crippen molar-refractivity contribution in [3.63, 3.8) is 0 Å². The SMILES string of the molecule is CCCCCC=CCC=CCCCCCCCC(=O)OC[C@H](COP(=O)(O)OCC[N+](C)(C)C)OC(=O)CCCCCCCC=CCC=CCCCCC. The van der Waals surface area contributed by atoms with Crippen molar-refractivity contribution in [1.29, 1.82) is 0 Å². The molecular weight excluding hydrogens is 701 g/mol. The molecule has 0 aromatic heterocycles. The van der Waals surface area contributed by atoms with E-state index < -0.39 is 26.5 Å². The third kappa shape index (κ3) is 39.7. The number of likely N-dealkylation sites (N-methyl/N-ethyl adjacent to an activating group) is 1. The lowest BCUT2D eigenvalue weighted by molar-refractivity contribution is -0.870. The molecule has 0 radical (unpaired) electrons. The number of ether oxygens (including phenoxy) is 2. The fraction of sp³-hybridized carbons (Fsp3) is 0.773. The molecular formula is C44H81NO8P+. The maximum absolute atomic E-state index is 12.7. The second-order valence-corrected chi connectivity index (χ2v) is 16.8. The van der Waals surface area contributed by atoms with Crippen LogP contribution >= 0.6 is 7.82 Å². The Bertz CT molecular complexity index is 1070. The van der Waals surface area contributed by atoms with Gasteiger partial charge in [0.05, 0.1) is 27.7 Å². The molecule has 0 heterocycles. The van der Waals surface area contributed by atoms with Crippen LogP contribution in [0.4, 0.5) is 0 Å². The van der Waals surface area contributed by atoms with Crippen LogP contribution in [0.3, 0.4) is 0 Å². The predicted molar refractivity (Wildman–Crippen MR) is 224 cm³/mol. The van der Waals surface area contributed by atoms with E-state index in [0.29, 0.717) is 17.4 Å². The van der Waals surface area contributed by atoms with Gasteiger partial charge in [0, 0.05) is 12.8 Å². The number of quaternary nitrogens is 1. The van der Waals surface area contributed by atoms with Crippen LogP contribution in [0.25, 0.3) is 0 Å². The summed E-state index contributed by atoms with van der Waals surface area (Å²) in [5, 5.41) is 0. The highest BCUT2D eigenvalue weighted by Gasteiger charge is 2.27. The van der Waals surface area contributed by atoms with Gasteiger partial charge in [0.25, 0.3) is 0 Å². The minimum atomic E-state index is -4.38. The monoisotopic (exact) mass is 783 g/mol. The van der Waals surface area contributed by atoms with Crippen LogP contribution < -0.4 is 0 Å². The molecule has 1 N–H and O–H groups in total. The van der Waals surface area contributed by atoms with E-state index in [9.17, 15) is 19.0 Å². The number of allylic oxidation sites excluding steroid dienone is 8. The van der Waals surface area contributed by atoms with Crippen molar-refractivity contribution in [3.8, 4) is 0 Å². The van der Waals surface area contributed by atoms with Gasteiger partial charge in [-0.05, 0) is 77.0 Å². The van der Waals surface area contributed by atoms with Crippen molar-refractivity contribution in [1.82, 2.24) is 0 Å². The van der Waals surface area contributed by atoms with Crippen LogP contribution in [0, 0.1) is 0 Å². The number of rotatable bonds is 38. The van der Waals surface area contributed by atoms with E-state index in [4.69, 9.17) is 18.5 Å². The summed E-state index contributed by atoms with van der Waals surface area (Å²) in [6.45, 7) is 4.32. The van der Waals surface area contributed by atoms with Crippen molar-refractivity contribution in [2.45, 2.75) is 174 Å². The van der Waals surface area contributed by atoms with Gasteiger partial charge >= 0.3 is 19.8 Å². The molecule has 0 aliphatic heterocycles. The third-order valence-corrected chi connectivity index (χ3v) is 9.82. The molecule has 0 aromatic rings. The largest absolute Gasteiger partial charge is 0.472 e. The maximum Gasteiger partial charge on any atom is 0.472 e. The van der Waals surface area contributed by atoms with Crippen molar-refractivity contribution < 1.29 is 42.1 Å². The fourth-order valence-electron chi connectivity index (χ4n) is 5.43. The lowest BCUT2D eigenvalue weighted by Gasteiger charge is -2.24. The molecule has 0 aliphatic carbocycles. The molecule has 1 unspecified atom stereocenters. The third-order valence-electron chi connectivity index (χ3n) is 8.83. The lowest BCUT2D eigenvalue weighted by atomic mass is 10.1. The number of esters is 2. The van der Waals surface area contributed by atoms with Gasteiger partial charge in [-0.1, -0.05) is 127 Å². The van der Waals surface area contributed by atoms with E-state index in [0.717, 1.165) is 83.5 Å². The average Bonchev–Trinajstić information content (AvgIpc) is 3.12. The average molecular weight is 783 g/mol. The Hall–Kier alpha value is -2.03. The van der Waals surface area contributed by atoms with E-state index in [1.54, 1.807) is 0 Å². The minimum absolute atomic E-state index is 0.0249. The summed E-state index contributed by atoms with van der Waals surface area (Å²) in [5.41, 5.74) is 0. The van der Waals surface area contributed by atoms with Crippen molar-refractivity contribution in [2.75, 3.05) is 47.5 Å². The first kappa shape index (κ1) is 52.0. The number of unbranched alkanes of at least 4 members (excludes halogenated alkanes) is 16. The second-order valence-electron chi connectivity index (χ2n) is 15.4. The van der Waals surface area contributed by atoms with E-state index in [1.807, 2.05) is 21.1 Å². The molecule has 0 fully saturated rings. The number of phosphoric acid groups is 1. The zero-order valence-corrected chi connectivity index (χ0v) is 36.1. The number of carbonyl (C=O) groups excluding carboxylic acids is 2. The second kappa shape index (κ2) is 36.6. The van der Waals surface area contributed by atoms with E-state index in [2.05, 4.69) is 62.5 Å². The van der Waals surface area contributed by atoms with E-state index in [1.165, 1.54) is 51.4 Å². The van der Waals surface area contributed by atoms with Crippen LogP contribution in [0.15, 0.2) is 48.6 Å². The Balaban J connectivity index is 4.44. The summed E-state index contributed by atoms with van der Waals surface area (Å²) in [6.07, 6.45) is 41.5. The van der Waals surface area contributed by atoms with Crippen LogP contribution in [-0.4, -0.2) is 74.9 Å². The van der Waals surface area contributed by atoms with Crippen LogP contribution in [0.2, 0.25) is 0 Å². The molecule has 9 nitrogen and oxygen atoms in total. The molecule has 0 bridgehead atoms. The minimum Gasteiger partial charge on any atom is -0.462 e. The summed E-state index contributed by atoms with van der Waals surface area (Å²) < 4.78 is 34.2. The summed E-state index contributed by atoms with van der Waals surface area (Å²) in [5.74, 6) is -0.834. The summed E-state index contributed by atoms with van der Waals surface area (Å²) in [7, 11) is 1.45. The van der Waals surface area contributed by atoms with E-state index >= 15 is 0 Å². The molecule has 0 amide bonds. The maximum atomic E-state index is 12.7. The first-order valence-corrected chi connectivity index (χ1v) is 22.9. The predicted octanol–water partition coefficient (Wildman–Crippen LogP) is 11.9. The van der Waals surface area contributed by atoms with Gasteiger partial charge in [-0.15, -0.1) is 0 Å². The molecule has 54 heavy (non-hydrogen) atoms. The Labute approximate surface area is 331 Å². The Morgan fingerprint density at radius 1 is 0.574 bits per heavy atom. The molecule has 0 aliphatic rings. The highest BCUT2D eigenvalue weighted by molar-refractivity contribution is 7.47. The zero-order valence-electron chi connectivity index (χ0n) is 35.2. The van der Waals surface area contributed by atoms with Gasteiger partial charge in [0.1, 0.15) is 19.8 Å². The van der Waals surface area contributed by atoms with Gasteiger partial charge in [-0.2, -0.15) is 0 Å². The number of hydrogen-bond acceptors (Lipinski definition) is 7. The summed E-state index contributed by atoms with van der Waals surface area (Å²) in [4.78, 5) is 35.3. The quantitative estimate of drug-likeness (QED) is 0.0217. The Morgan fingerprint density at radius 2 is 1.00 bits per heavy atom. The van der Waals surface area contributed by atoms with Crippen LogP contribution in [-0.2, 0) is 32.7 Å². The van der Waals surface area contributed by atoms with Crippen molar-refractivity contribution in [3.05, 3.63) is 48.6 Å². The standard InChI is InChI=1S/C44H80NO8P/c1-6-8-10-12-14-16-18-20-22-24-26-28-30-32-34-36-43(46)50-40-42(41-52-54(48,49)51-39-38-45(3,4)5)53-44(47)37-35-33-31-29-27-25-23-21-19-17-15-13-11-9-7-2/h14-17,20-23,42H,6-13,18-19,24-41H2,1-5H3/p+1/t42-/m1/s1. The van der Waals surface area contributed by atoms with Crippen molar-refractivity contribution in [2.24, 2.45) is 0 Å². The normalized spacial score (nSPS) is 14.1. The van der Waals surface area contributed by atoms with Gasteiger partial charge in [0.2, 0.25) is 0 Å². The smallest absolute Gasteiger partial charge is 0.462 e. The topological polar surface area (TPSA) is 108 Å². The Morgan fingerprint density at radius 3 is 1.46 bits per heavy atom. The van der Waals surface area contributed by atoms with Gasteiger partial charge in [-0.25, -0.2) is 4.57 Å². The van der Waals surface area contributed by atoms with Crippen LogP contribution in [0.5, 0.6) is 0 Å². The van der Waals surface area contributed by atoms with Gasteiger partial charge < -0.3 is 18.9 Å². The van der Waals surface area contributed by atoms with Crippen LogP contribution in [0.1, 0.15) is 168 Å². The first-order chi connectivity index (χ1) is 26.0. The molecule has 0 spiro atoms. The highest BCUT2D eigenvalue weighted by atomic mass is 31.2. The molecule has 2 atom stereocenters. The summed E-state index contributed by atoms with van der Waals surface area (Å²) in [6, 6.07) is 0. The molecule has 0 aromatic carbocycles. The number of hydrogen-bond donors (Lipinski definition) is 1. The van der Waals surface area contributed by atoms with Gasteiger partial charge in [-0.3, -0.25) is 18.6 Å².